The summed E-state index contributed by atoms with van der Waals surface area (Å²) < 4.78 is 63.4. The van der Waals surface area contributed by atoms with Crippen LogP contribution in [0.5, 0.6) is 0 Å². The van der Waals surface area contributed by atoms with Gasteiger partial charge in [0.2, 0.25) is 10.0 Å². The van der Waals surface area contributed by atoms with Gasteiger partial charge in [-0.3, -0.25) is 4.72 Å². The average Bonchev–Trinajstić information content (AvgIpc) is 3.04. The summed E-state index contributed by atoms with van der Waals surface area (Å²) in [6, 6.07) is 6.23. The van der Waals surface area contributed by atoms with E-state index in [-0.39, 0.29) is 17.4 Å². The summed E-state index contributed by atoms with van der Waals surface area (Å²) in [5, 5.41) is 8.32. The fourth-order valence-corrected chi connectivity index (χ4v) is 7.79. The molecule has 11 heteroatoms. The highest BCUT2D eigenvalue weighted by Gasteiger charge is 2.44. The molecule has 1 fully saturated rings. The first-order chi connectivity index (χ1) is 11.7. The Labute approximate surface area is 148 Å². The number of aliphatic hydroxyl groups excluding tert-OH is 1. The molecule has 25 heavy (non-hydrogen) atoms. The van der Waals surface area contributed by atoms with Gasteiger partial charge >= 0.3 is 0 Å². The van der Waals surface area contributed by atoms with E-state index in [0.717, 1.165) is 11.3 Å². The summed E-state index contributed by atoms with van der Waals surface area (Å²) in [5.74, 6) is -1.57. The molecule has 0 unspecified atom stereocenters. The van der Waals surface area contributed by atoms with Gasteiger partial charge in [0.1, 0.15) is 11.1 Å². The van der Waals surface area contributed by atoms with Gasteiger partial charge in [-0.1, -0.05) is 18.2 Å². The van der Waals surface area contributed by atoms with Gasteiger partial charge in [-0.25, -0.2) is 26.2 Å². The highest BCUT2D eigenvalue weighted by molar-refractivity contribution is 7.97. The maximum Gasteiger partial charge on any atom is 0.240 e. The van der Waals surface area contributed by atoms with Gasteiger partial charge in [0.25, 0.3) is 0 Å². The standard InChI is InChI=1S/C14H15FN2O5S3/c15-11-4-2-1-3-9(11)5-10-6-16-14(23-10)17-25(21,22)13-8-24(19,20)7-12(13)18/h1-4,6,12-13,18H,5,7-8H2,(H,16,17)/t12-,13+/m1/s1. The van der Waals surface area contributed by atoms with Gasteiger partial charge in [-0.05, 0) is 11.6 Å². The Bertz CT molecular complexity index is 987. The smallest absolute Gasteiger partial charge is 0.240 e. The van der Waals surface area contributed by atoms with Gasteiger partial charge in [-0.15, -0.1) is 11.3 Å². The van der Waals surface area contributed by atoms with E-state index in [1.807, 2.05) is 0 Å². The maximum atomic E-state index is 13.7. The number of anilines is 1. The van der Waals surface area contributed by atoms with Gasteiger partial charge < -0.3 is 5.11 Å². The summed E-state index contributed by atoms with van der Waals surface area (Å²) in [7, 11) is -7.69. The molecule has 136 valence electrons. The molecule has 0 bridgehead atoms. The van der Waals surface area contributed by atoms with Crippen molar-refractivity contribution in [2.45, 2.75) is 17.8 Å². The van der Waals surface area contributed by atoms with Crippen LogP contribution in [0.4, 0.5) is 9.52 Å². The Morgan fingerprint density at radius 1 is 1.32 bits per heavy atom. The maximum absolute atomic E-state index is 13.7. The van der Waals surface area contributed by atoms with Crippen LogP contribution in [0.25, 0.3) is 0 Å². The average molecular weight is 406 g/mol. The number of aliphatic hydroxyl groups is 1. The summed E-state index contributed by atoms with van der Waals surface area (Å²) in [6.07, 6.45) is 0.212. The van der Waals surface area contributed by atoms with E-state index in [9.17, 15) is 26.3 Å². The number of nitrogens with zero attached hydrogens (tertiary/aromatic N) is 1. The molecular formula is C14H15FN2O5S3. The van der Waals surface area contributed by atoms with Crippen molar-refractivity contribution in [2.75, 3.05) is 16.2 Å². The predicted molar refractivity (Wildman–Crippen MR) is 92.3 cm³/mol. The van der Waals surface area contributed by atoms with Crippen molar-refractivity contribution in [3.63, 3.8) is 0 Å². The number of halogens is 1. The second-order valence-electron chi connectivity index (χ2n) is 5.73. The topological polar surface area (TPSA) is 113 Å². The Kier molecular flexibility index (Phi) is 4.84. The fraction of sp³-hybridized carbons (Fsp3) is 0.357. The molecule has 1 aromatic carbocycles. The molecule has 1 aliphatic rings. The molecule has 0 amide bonds. The summed E-state index contributed by atoms with van der Waals surface area (Å²) in [4.78, 5) is 4.58. The first-order valence-electron chi connectivity index (χ1n) is 7.24. The summed E-state index contributed by atoms with van der Waals surface area (Å²) >= 11 is 1.02. The van der Waals surface area contributed by atoms with Crippen LogP contribution in [-0.4, -0.2) is 49.8 Å². The molecule has 0 spiro atoms. The second-order valence-corrected chi connectivity index (χ2v) is 10.9. The lowest BCUT2D eigenvalue weighted by atomic mass is 10.1. The number of hydrogen-bond donors (Lipinski definition) is 2. The van der Waals surface area contributed by atoms with Crippen molar-refractivity contribution >= 4 is 36.3 Å². The number of rotatable bonds is 5. The minimum Gasteiger partial charge on any atom is -0.391 e. The van der Waals surface area contributed by atoms with E-state index in [4.69, 9.17) is 0 Å². The molecule has 2 atom stereocenters. The zero-order valence-electron chi connectivity index (χ0n) is 12.8. The molecule has 1 aromatic heterocycles. The summed E-state index contributed by atoms with van der Waals surface area (Å²) in [5.41, 5.74) is 0.456. The van der Waals surface area contributed by atoms with E-state index >= 15 is 0 Å². The Hall–Kier alpha value is -1.56. The molecule has 2 heterocycles. The third kappa shape index (κ3) is 4.17. The number of sulfone groups is 1. The van der Waals surface area contributed by atoms with Crippen LogP contribution >= 0.6 is 11.3 Å². The van der Waals surface area contributed by atoms with Crippen LogP contribution in [0, 0.1) is 5.82 Å². The van der Waals surface area contributed by atoms with Crippen LogP contribution in [0.3, 0.4) is 0 Å². The minimum absolute atomic E-state index is 0.0443. The Balaban J connectivity index is 1.74. The van der Waals surface area contributed by atoms with E-state index < -0.39 is 42.7 Å². The van der Waals surface area contributed by atoms with Crippen molar-refractivity contribution < 1.29 is 26.3 Å². The number of thiazole rings is 1. The first kappa shape index (κ1) is 18.2. The molecule has 0 radical (unpaired) electrons. The molecule has 0 saturated carbocycles. The molecule has 3 rings (SSSR count). The fourth-order valence-electron chi connectivity index (χ4n) is 2.56. The first-order valence-corrected chi connectivity index (χ1v) is 11.4. The molecule has 0 aliphatic carbocycles. The van der Waals surface area contributed by atoms with Crippen molar-refractivity contribution in [1.29, 1.82) is 0 Å². The van der Waals surface area contributed by atoms with Crippen molar-refractivity contribution in [3.8, 4) is 0 Å². The lowest BCUT2D eigenvalue weighted by molar-refractivity contribution is 0.204. The molecule has 7 nitrogen and oxygen atoms in total. The third-order valence-electron chi connectivity index (χ3n) is 3.78. The van der Waals surface area contributed by atoms with Crippen LogP contribution in [0.15, 0.2) is 30.5 Å². The predicted octanol–water partition coefficient (Wildman–Crippen LogP) is 0.773. The largest absolute Gasteiger partial charge is 0.391 e. The zero-order chi connectivity index (χ0) is 18.2. The number of nitrogens with one attached hydrogen (secondary N) is 1. The van der Waals surface area contributed by atoms with Crippen LogP contribution in [0.2, 0.25) is 0 Å². The summed E-state index contributed by atoms with van der Waals surface area (Å²) in [6.45, 7) is 0. The molecule has 1 aliphatic heterocycles. The number of sulfonamides is 1. The van der Waals surface area contributed by atoms with E-state index in [2.05, 4.69) is 9.71 Å². The molecule has 2 aromatic rings. The molecule has 1 saturated heterocycles. The number of benzene rings is 1. The van der Waals surface area contributed by atoms with Crippen LogP contribution in [-0.2, 0) is 26.3 Å². The quantitative estimate of drug-likeness (QED) is 0.758. The van der Waals surface area contributed by atoms with Gasteiger partial charge in [0, 0.05) is 17.5 Å². The number of aromatic nitrogens is 1. The van der Waals surface area contributed by atoms with E-state index in [1.54, 1.807) is 18.2 Å². The van der Waals surface area contributed by atoms with Crippen molar-refractivity contribution in [3.05, 3.63) is 46.7 Å². The lowest BCUT2D eigenvalue weighted by Crippen LogP contribution is -2.36. The minimum atomic E-state index is -4.11. The van der Waals surface area contributed by atoms with Gasteiger partial charge in [-0.2, -0.15) is 0 Å². The van der Waals surface area contributed by atoms with E-state index in [1.165, 1.54) is 12.3 Å². The van der Waals surface area contributed by atoms with Gasteiger partial charge in [0.15, 0.2) is 15.0 Å². The highest BCUT2D eigenvalue weighted by atomic mass is 32.2. The third-order valence-corrected chi connectivity index (χ3v) is 8.50. The lowest BCUT2D eigenvalue weighted by Gasteiger charge is -2.13. The SMILES string of the molecule is O=S1(=O)C[C@@H](O)[C@@H](S(=O)(=O)Nc2ncc(Cc3ccccc3F)s2)C1. The number of hydrogen-bond acceptors (Lipinski definition) is 7. The van der Waals surface area contributed by atoms with Gasteiger partial charge in [0.05, 0.1) is 17.6 Å². The second kappa shape index (κ2) is 6.63. The van der Waals surface area contributed by atoms with Crippen LogP contribution < -0.4 is 4.72 Å². The normalized spacial score (nSPS) is 22.8. The highest BCUT2D eigenvalue weighted by Crippen LogP contribution is 2.26. The van der Waals surface area contributed by atoms with E-state index in [0.29, 0.717) is 10.4 Å². The molecule has 2 N–H and O–H groups in total. The van der Waals surface area contributed by atoms with Crippen molar-refractivity contribution in [2.24, 2.45) is 0 Å². The zero-order valence-corrected chi connectivity index (χ0v) is 15.2. The van der Waals surface area contributed by atoms with Crippen molar-refractivity contribution in [1.82, 2.24) is 4.98 Å². The molecular weight excluding hydrogens is 391 g/mol. The monoisotopic (exact) mass is 406 g/mol. The van der Waals surface area contributed by atoms with Crippen LogP contribution in [0.1, 0.15) is 10.4 Å². The Morgan fingerprint density at radius 3 is 2.68 bits per heavy atom. The Morgan fingerprint density at radius 2 is 2.04 bits per heavy atom.